The normalized spacial score (nSPS) is 10.2. The molecule has 2 rings (SSSR count). The van der Waals surface area contributed by atoms with Crippen LogP contribution in [0.15, 0.2) is 42.5 Å². The van der Waals surface area contributed by atoms with Crippen molar-refractivity contribution in [3.05, 3.63) is 52.5 Å². The van der Waals surface area contributed by atoms with E-state index in [0.29, 0.717) is 16.5 Å². The molecule has 2 aromatic rings. The Morgan fingerprint density at radius 1 is 1.14 bits per heavy atom. The van der Waals surface area contributed by atoms with Gasteiger partial charge in [-0.2, -0.15) is 0 Å². The molecule has 0 aliphatic rings. The Hall–Kier alpha value is -1.31. The molecule has 0 radical (unpaired) electrons. The van der Waals surface area contributed by atoms with Crippen LogP contribution in [0.4, 0.5) is 5.69 Å². The van der Waals surface area contributed by atoms with Crippen LogP contribution < -0.4 is 15.1 Å². The van der Waals surface area contributed by atoms with Crippen molar-refractivity contribution in [2.24, 2.45) is 0 Å². The molecule has 0 fully saturated rings. The summed E-state index contributed by atoms with van der Waals surface area (Å²) < 4.78 is 5.56. The fraction of sp³-hybridized carbons (Fsp3) is 0.0714. The lowest BCUT2D eigenvalue weighted by molar-refractivity contribution is 0.426. The highest BCUT2D eigenvalue weighted by Gasteiger charge is 2.21. The van der Waals surface area contributed by atoms with Gasteiger partial charge in [0, 0.05) is 17.5 Å². The van der Waals surface area contributed by atoms with Crippen molar-refractivity contribution >= 4 is 58.9 Å². The predicted octanol–water partition coefficient (Wildman–Crippen LogP) is 2.47. The molecule has 0 aliphatic carbocycles. The molecule has 22 heavy (non-hydrogen) atoms. The van der Waals surface area contributed by atoms with Crippen LogP contribution in [0, 0.1) is 0 Å². The number of anilines is 1. The number of rotatable bonds is 3. The lowest BCUT2D eigenvalue weighted by Crippen LogP contribution is -2.34. The highest BCUT2D eigenvalue weighted by molar-refractivity contribution is 7.80. The summed E-state index contributed by atoms with van der Waals surface area (Å²) in [6.45, 7) is 0. The molecule has 0 aromatic heterocycles. The van der Waals surface area contributed by atoms with Gasteiger partial charge in [-0.25, -0.2) is 0 Å². The van der Waals surface area contributed by atoms with Gasteiger partial charge in [0.1, 0.15) is 5.75 Å². The first-order valence-corrected chi connectivity index (χ1v) is 7.42. The van der Waals surface area contributed by atoms with Crippen molar-refractivity contribution < 1.29 is 14.8 Å². The average molecular weight is 356 g/mol. The smallest absolute Gasteiger partial charge is 0.432 e. The summed E-state index contributed by atoms with van der Waals surface area (Å²) in [6.07, 6.45) is 0. The Morgan fingerprint density at radius 2 is 1.77 bits per heavy atom. The number of halogens is 2. The maximum atomic E-state index is 9.32. The zero-order chi connectivity index (χ0) is 16.3. The van der Waals surface area contributed by atoms with E-state index in [4.69, 9.17) is 40.2 Å². The first-order valence-electron chi connectivity index (χ1n) is 6.26. The van der Waals surface area contributed by atoms with E-state index < -0.39 is 7.12 Å². The maximum Gasteiger partial charge on any atom is 0.490 e. The number of benzene rings is 2. The van der Waals surface area contributed by atoms with Crippen molar-refractivity contribution in [3.8, 4) is 5.75 Å². The fourth-order valence-corrected chi connectivity index (χ4v) is 2.57. The number of nitrogens with zero attached hydrogens (tertiary/aromatic N) is 1. The molecule has 0 amide bonds. The zero-order valence-corrected chi connectivity index (χ0v) is 13.9. The Morgan fingerprint density at radius 3 is 2.36 bits per heavy atom. The van der Waals surface area contributed by atoms with Crippen molar-refractivity contribution in [2.45, 2.75) is 0 Å². The third-order valence-corrected chi connectivity index (χ3v) is 3.92. The number of ether oxygens (including phenoxy) is 1. The van der Waals surface area contributed by atoms with E-state index in [2.05, 4.69) is 0 Å². The average Bonchev–Trinajstić information content (AvgIpc) is 2.47. The number of hydrogen-bond acceptors (Lipinski definition) is 4. The van der Waals surface area contributed by atoms with Gasteiger partial charge in [-0.1, -0.05) is 41.4 Å². The second-order valence-corrected chi connectivity index (χ2v) is 5.60. The van der Waals surface area contributed by atoms with Gasteiger partial charge in [-0.05, 0) is 36.5 Å². The lowest BCUT2D eigenvalue weighted by Gasteiger charge is -2.22. The highest BCUT2D eigenvalue weighted by Crippen LogP contribution is 2.28. The second-order valence-electron chi connectivity index (χ2n) is 4.44. The van der Waals surface area contributed by atoms with E-state index in [1.165, 1.54) is 17.0 Å². The van der Waals surface area contributed by atoms with Crippen LogP contribution >= 0.6 is 35.4 Å². The summed E-state index contributed by atoms with van der Waals surface area (Å²) in [5.74, 6) is 0.590. The molecule has 8 heteroatoms. The Bertz CT molecular complexity index is 685. The van der Waals surface area contributed by atoms with Gasteiger partial charge in [-0.15, -0.1) is 0 Å². The lowest BCUT2D eigenvalue weighted by atomic mass is 9.80. The van der Waals surface area contributed by atoms with E-state index in [9.17, 15) is 10.0 Å². The van der Waals surface area contributed by atoms with Gasteiger partial charge < -0.3 is 19.7 Å². The van der Waals surface area contributed by atoms with Crippen molar-refractivity contribution in [1.29, 1.82) is 0 Å². The monoisotopic (exact) mass is 355 g/mol. The molecule has 0 unspecified atom stereocenters. The van der Waals surface area contributed by atoms with Crippen LogP contribution in [0.25, 0.3) is 0 Å². The van der Waals surface area contributed by atoms with Gasteiger partial charge in [0.05, 0.1) is 10.7 Å². The van der Waals surface area contributed by atoms with Gasteiger partial charge in [0.2, 0.25) is 0 Å². The van der Waals surface area contributed by atoms with Crippen LogP contribution in [0.5, 0.6) is 5.75 Å². The highest BCUT2D eigenvalue weighted by atomic mass is 35.5. The quantitative estimate of drug-likeness (QED) is 0.654. The van der Waals surface area contributed by atoms with E-state index in [0.717, 1.165) is 0 Å². The predicted molar refractivity (Wildman–Crippen MR) is 94.4 cm³/mol. The minimum atomic E-state index is -1.71. The number of para-hydroxylation sites is 1. The summed E-state index contributed by atoms with van der Waals surface area (Å²) in [5.41, 5.74) is 0.588. The van der Waals surface area contributed by atoms with E-state index >= 15 is 0 Å². The van der Waals surface area contributed by atoms with E-state index in [1.54, 1.807) is 19.2 Å². The maximum absolute atomic E-state index is 9.32. The molecule has 114 valence electrons. The van der Waals surface area contributed by atoms with Crippen molar-refractivity contribution in [1.82, 2.24) is 0 Å². The summed E-state index contributed by atoms with van der Waals surface area (Å²) >= 11 is 17.3. The largest absolute Gasteiger partial charge is 0.490 e. The van der Waals surface area contributed by atoms with Crippen LogP contribution in [-0.4, -0.2) is 29.4 Å². The van der Waals surface area contributed by atoms with Crippen LogP contribution in [0.2, 0.25) is 10.0 Å². The van der Waals surface area contributed by atoms with Crippen LogP contribution in [0.3, 0.4) is 0 Å². The molecular weight excluding hydrogens is 344 g/mol. The molecule has 4 nitrogen and oxygen atoms in total. The first-order chi connectivity index (χ1) is 10.4. The molecule has 2 aromatic carbocycles. The molecule has 0 saturated carbocycles. The molecular formula is C14H12BCl2NO3S. The molecule has 0 heterocycles. The molecule has 0 atom stereocenters. The Balaban J connectivity index is 2.27. The van der Waals surface area contributed by atoms with E-state index in [-0.39, 0.29) is 15.7 Å². The molecule has 0 bridgehead atoms. The van der Waals surface area contributed by atoms with Crippen molar-refractivity contribution in [3.63, 3.8) is 0 Å². The minimum Gasteiger partial charge on any atom is -0.432 e. The van der Waals surface area contributed by atoms with Gasteiger partial charge in [0.15, 0.2) is 0 Å². The molecule has 0 saturated heterocycles. The second kappa shape index (κ2) is 7.31. The number of thiocarbonyl (C=S) groups is 1. The summed E-state index contributed by atoms with van der Waals surface area (Å²) in [6, 6.07) is 11.9. The topological polar surface area (TPSA) is 52.9 Å². The third kappa shape index (κ3) is 3.91. The Labute approximate surface area is 144 Å². The standard InChI is InChI=1S/C14H12BCl2NO3S/c1-18(14(22)21-9-5-3-2-4-6-9)13-7-10(15(19)20)11(16)8-12(13)17/h2-8,19-20H,1H3. The SMILES string of the molecule is CN(C(=S)Oc1ccccc1)c1cc(B(O)O)c(Cl)cc1Cl. The number of hydrogen-bond donors (Lipinski definition) is 2. The molecule has 0 spiro atoms. The van der Waals surface area contributed by atoms with Crippen LogP contribution in [0.1, 0.15) is 0 Å². The summed E-state index contributed by atoms with van der Waals surface area (Å²) in [4.78, 5) is 1.52. The van der Waals surface area contributed by atoms with Crippen LogP contribution in [-0.2, 0) is 0 Å². The van der Waals surface area contributed by atoms with Gasteiger partial charge >= 0.3 is 7.12 Å². The van der Waals surface area contributed by atoms with Gasteiger partial charge in [0.25, 0.3) is 5.17 Å². The minimum absolute atomic E-state index is 0.135. The Kier molecular flexibility index (Phi) is 5.66. The first kappa shape index (κ1) is 17.1. The zero-order valence-electron chi connectivity index (χ0n) is 11.5. The van der Waals surface area contributed by atoms with E-state index in [1.807, 2.05) is 18.2 Å². The molecule has 2 N–H and O–H groups in total. The summed E-state index contributed by atoms with van der Waals surface area (Å²) in [5, 5.41) is 19.3. The fourth-order valence-electron chi connectivity index (χ4n) is 1.76. The van der Waals surface area contributed by atoms with Crippen molar-refractivity contribution in [2.75, 3.05) is 11.9 Å². The van der Waals surface area contributed by atoms with Gasteiger partial charge in [-0.3, -0.25) is 0 Å². The molecule has 0 aliphatic heterocycles. The summed E-state index contributed by atoms with van der Waals surface area (Å²) in [7, 11) is -0.0472. The third-order valence-electron chi connectivity index (χ3n) is 2.93.